The molecule has 17 heavy (non-hydrogen) atoms. The van der Waals surface area contributed by atoms with Gasteiger partial charge in [-0.2, -0.15) is 0 Å². The molecule has 0 saturated carbocycles. The fourth-order valence-corrected chi connectivity index (χ4v) is 5.71. The van der Waals surface area contributed by atoms with Crippen molar-refractivity contribution in [2.45, 2.75) is 37.2 Å². The lowest BCUT2D eigenvalue weighted by Gasteiger charge is -2.37. The van der Waals surface area contributed by atoms with Crippen LogP contribution in [-0.4, -0.2) is 11.5 Å². The molecule has 1 saturated heterocycles. The number of thioether (sulfide) groups is 2. The van der Waals surface area contributed by atoms with Crippen LogP contribution in [0.1, 0.15) is 37.8 Å². The molecule has 0 spiro atoms. The molecule has 2 N–H and O–H groups in total. The van der Waals surface area contributed by atoms with Crippen molar-refractivity contribution in [2.24, 2.45) is 0 Å². The average molecular weight is 267 g/mol. The number of nitrogens with two attached hydrogens (primary N) is 1. The molecule has 0 atom stereocenters. The molecule has 0 aromatic heterocycles. The molecule has 0 radical (unpaired) electrons. The Bertz CT molecular complexity index is 384. The zero-order chi connectivity index (χ0) is 12.3. The minimum atomic E-state index is 0.202. The predicted molar refractivity (Wildman–Crippen MR) is 81.7 cm³/mol. The van der Waals surface area contributed by atoms with E-state index in [1.54, 1.807) is 0 Å². The van der Waals surface area contributed by atoms with Crippen molar-refractivity contribution in [3.05, 3.63) is 29.3 Å². The van der Waals surface area contributed by atoms with Crippen molar-refractivity contribution in [1.82, 2.24) is 0 Å². The molecule has 1 aromatic rings. The van der Waals surface area contributed by atoms with Crippen LogP contribution in [0.2, 0.25) is 0 Å². The van der Waals surface area contributed by atoms with Crippen molar-refractivity contribution >= 4 is 29.2 Å². The zero-order valence-electron chi connectivity index (χ0n) is 10.7. The molecule has 2 rings (SSSR count). The van der Waals surface area contributed by atoms with Gasteiger partial charge in [-0.25, -0.2) is 0 Å². The number of nitrogen functional groups attached to an aromatic ring is 1. The normalized spacial score (nSPS) is 19.2. The van der Waals surface area contributed by atoms with Gasteiger partial charge in [-0.05, 0) is 36.3 Å². The van der Waals surface area contributed by atoms with Gasteiger partial charge in [0.05, 0.1) is 4.08 Å². The summed E-state index contributed by atoms with van der Waals surface area (Å²) in [4.78, 5) is 0. The highest BCUT2D eigenvalue weighted by molar-refractivity contribution is 8.18. The van der Waals surface area contributed by atoms with E-state index in [1.807, 2.05) is 0 Å². The van der Waals surface area contributed by atoms with Gasteiger partial charge in [0.15, 0.2) is 0 Å². The smallest absolute Gasteiger partial charge is 0.0877 e. The number of benzene rings is 1. The molecule has 1 nitrogen and oxygen atoms in total. The monoisotopic (exact) mass is 267 g/mol. The van der Waals surface area contributed by atoms with Crippen LogP contribution in [0.5, 0.6) is 0 Å². The second-order valence-electron chi connectivity index (χ2n) is 4.39. The minimum absolute atomic E-state index is 0.202. The number of hydrogen-bond acceptors (Lipinski definition) is 3. The Hall–Kier alpha value is -0.280. The second kappa shape index (κ2) is 5.57. The molecule has 0 aliphatic carbocycles. The lowest BCUT2D eigenvalue weighted by atomic mass is 10.0. The first-order chi connectivity index (χ1) is 8.23. The van der Waals surface area contributed by atoms with Gasteiger partial charge in [-0.1, -0.05) is 32.0 Å². The summed E-state index contributed by atoms with van der Waals surface area (Å²) in [7, 11) is 0. The largest absolute Gasteiger partial charge is 0.398 e. The van der Waals surface area contributed by atoms with Gasteiger partial charge in [-0.3, -0.25) is 0 Å². The van der Waals surface area contributed by atoms with Gasteiger partial charge in [0.1, 0.15) is 0 Å². The van der Waals surface area contributed by atoms with E-state index in [4.69, 9.17) is 5.73 Å². The highest BCUT2D eigenvalue weighted by Crippen LogP contribution is 2.54. The summed E-state index contributed by atoms with van der Waals surface area (Å²) in [5, 5.41) is 0. The van der Waals surface area contributed by atoms with Crippen LogP contribution in [0.4, 0.5) is 5.69 Å². The molecule has 3 heteroatoms. The SMILES string of the molecule is CCc1cccc(C2(CC)SCCCS2)c1N. The highest BCUT2D eigenvalue weighted by Gasteiger charge is 2.35. The topological polar surface area (TPSA) is 26.0 Å². The third-order valence-corrected chi connectivity index (χ3v) is 7.05. The van der Waals surface area contributed by atoms with Gasteiger partial charge in [-0.15, -0.1) is 23.5 Å². The van der Waals surface area contributed by atoms with Crippen LogP contribution in [0, 0.1) is 0 Å². The first-order valence-corrected chi connectivity index (χ1v) is 8.36. The molecule has 94 valence electrons. The number of aryl methyl sites for hydroxylation is 1. The first-order valence-electron chi connectivity index (χ1n) is 6.39. The third kappa shape index (κ3) is 2.45. The van der Waals surface area contributed by atoms with Crippen LogP contribution in [0.15, 0.2) is 18.2 Å². The van der Waals surface area contributed by atoms with E-state index >= 15 is 0 Å². The van der Waals surface area contributed by atoms with Gasteiger partial charge < -0.3 is 5.73 Å². The molecule has 1 aliphatic heterocycles. The summed E-state index contributed by atoms with van der Waals surface area (Å²) in [5.41, 5.74) is 10.0. The fraction of sp³-hybridized carbons (Fsp3) is 0.571. The predicted octanol–water partition coefficient (Wildman–Crippen LogP) is 4.26. The van der Waals surface area contributed by atoms with Gasteiger partial charge in [0.2, 0.25) is 0 Å². The highest BCUT2D eigenvalue weighted by atomic mass is 32.2. The maximum atomic E-state index is 6.36. The molecule has 1 aromatic carbocycles. The first kappa shape index (κ1) is 13.2. The maximum absolute atomic E-state index is 6.36. The Kier molecular flexibility index (Phi) is 4.31. The van der Waals surface area contributed by atoms with Crippen molar-refractivity contribution in [2.75, 3.05) is 17.2 Å². The summed E-state index contributed by atoms with van der Waals surface area (Å²) in [5.74, 6) is 2.52. The molecular formula is C14H21NS2. The molecule has 0 bridgehead atoms. The molecule has 1 heterocycles. The Labute approximate surface area is 113 Å². The van der Waals surface area contributed by atoms with Crippen LogP contribution in [0.3, 0.4) is 0 Å². The van der Waals surface area contributed by atoms with Crippen LogP contribution in [-0.2, 0) is 10.5 Å². The van der Waals surface area contributed by atoms with Crippen molar-refractivity contribution in [1.29, 1.82) is 0 Å². The Morgan fingerprint density at radius 3 is 2.53 bits per heavy atom. The standard InChI is InChI=1S/C14H21NS2/c1-3-11-7-5-8-12(13(11)15)14(4-2)16-9-6-10-17-14/h5,7-8H,3-4,6,9-10,15H2,1-2H3. The summed E-state index contributed by atoms with van der Waals surface area (Å²) in [6, 6.07) is 6.54. The molecule has 1 fully saturated rings. The van der Waals surface area contributed by atoms with E-state index < -0.39 is 0 Å². The van der Waals surface area contributed by atoms with E-state index in [0.29, 0.717) is 0 Å². The van der Waals surface area contributed by atoms with E-state index in [1.165, 1.54) is 29.1 Å². The van der Waals surface area contributed by atoms with Gasteiger partial charge in [0.25, 0.3) is 0 Å². The Morgan fingerprint density at radius 1 is 1.24 bits per heavy atom. The van der Waals surface area contributed by atoms with E-state index in [-0.39, 0.29) is 4.08 Å². The lowest BCUT2D eigenvalue weighted by Crippen LogP contribution is -2.23. The van der Waals surface area contributed by atoms with E-state index in [2.05, 4.69) is 55.6 Å². The quantitative estimate of drug-likeness (QED) is 0.829. The summed E-state index contributed by atoms with van der Waals surface area (Å²) in [6.07, 6.45) is 3.50. The third-order valence-electron chi connectivity index (χ3n) is 3.41. The summed E-state index contributed by atoms with van der Waals surface area (Å²) >= 11 is 4.16. The van der Waals surface area contributed by atoms with Crippen molar-refractivity contribution in [3.63, 3.8) is 0 Å². The molecule has 0 unspecified atom stereocenters. The van der Waals surface area contributed by atoms with Crippen LogP contribution in [0.25, 0.3) is 0 Å². The zero-order valence-corrected chi connectivity index (χ0v) is 12.3. The number of anilines is 1. The molecule has 1 aliphatic rings. The second-order valence-corrected chi connectivity index (χ2v) is 7.43. The van der Waals surface area contributed by atoms with Gasteiger partial charge in [0, 0.05) is 11.3 Å². The van der Waals surface area contributed by atoms with E-state index in [0.717, 1.165) is 18.5 Å². The number of hydrogen-bond donors (Lipinski definition) is 1. The summed E-state index contributed by atoms with van der Waals surface area (Å²) < 4.78 is 0.202. The van der Waals surface area contributed by atoms with Crippen LogP contribution < -0.4 is 5.73 Å². The van der Waals surface area contributed by atoms with Crippen LogP contribution >= 0.6 is 23.5 Å². The van der Waals surface area contributed by atoms with Gasteiger partial charge >= 0.3 is 0 Å². The van der Waals surface area contributed by atoms with Crippen molar-refractivity contribution in [3.8, 4) is 0 Å². The number of rotatable bonds is 3. The summed E-state index contributed by atoms with van der Waals surface area (Å²) in [6.45, 7) is 4.46. The van der Waals surface area contributed by atoms with E-state index in [9.17, 15) is 0 Å². The molecule has 0 amide bonds. The fourth-order valence-electron chi connectivity index (χ4n) is 2.38. The minimum Gasteiger partial charge on any atom is -0.398 e. The molecular weight excluding hydrogens is 246 g/mol. The maximum Gasteiger partial charge on any atom is 0.0877 e. The lowest BCUT2D eigenvalue weighted by molar-refractivity contribution is 0.817. The Morgan fingerprint density at radius 2 is 1.94 bits per heavy atom. The average Bonchev–Trinajstić information content (AvgIpc) is 2.40. The number of para-hydroxylation sites is 1. The van der Waals surface area contributed by atoms with Crippen molar-refractivity contribution < 1.29 is 0 Å². The Balaban J connectivity index is 2.43.